The number of ketones is 1. The second-order valence-electron chi connectivity index (χ2n) is 9.20. The lowest BCUT2D eigenvalue weighted by Crippen LogP contribution is -2.52. The van der Waals surface area contributed by atoms with Gasteiger partial charge in [-0.25, -0.2) is 9.97 Å². The first-order valence-corrected chi connectivity index (χ1v) is 14.7. The number of carbonyl (C=O) groups is 4. The number of amides is 3. The van der Waals surface area contributed by atoms with Gasteiger partial charge in [0, 0.05) is 51.2 Å². The molecule has 1 aliphatic rings. The summed E-state index contributed by atoms with van der Waals surface area (Å²) in [6.07, 6.45) is 4.61. The number of aromatic nitrogens is 3. The number of hydrogen-bond acceptors (Lipinski definition) is 9. The molecule has 1 aromatic carbocycles. The molecule has 0 radical (unpaired) electrons. The minimum absolute atomic E-state index is 0.0662. The third kappa shape index (κ3) is 6.89. The van der Waals surface area contributed by atoms with Crippen LogP contribution in [0.4, 0.5) is 0 Å². The number of thiazole rings is 1. The van der Waals surface area contributed by atoms with E-state index in [2.05, 4.69) is 20.3 Å². The van der Waals surface area contributed by atoms with Crippen molar-refractivity contribution >= 4 is 45.7 Å². The largest absolute Gasteiger partial charge is 0.494 e. The SMILES string of the molecule is CC.CNC(=O)COCc1cnc(-c2ncc(OC)c3c(C(=O)C(=O)N4CCN(C(=O)c5ccccc5)CC4)c[nH]c23)s1. The van der Waals surface area contributed by atoms with Gasteiger partial charge in [0.25, 0.3) is 17.6 Å². The molecule has 0 spiro atoms. The van der Waals surface area contributed by atoms with Crippen LogP contribution in [0, 0.1) is 0 Å². The third-order valence-electron chi connectivity index (χ3n) is 6.72. The van der Waals surface area contributed by atoms with E-state index in [1.54, 1.807) is 35.4 Å². The molecule has 4 heterocycles. The first kappa shape index (κ1) is 31.3. The van der Waals surface area contributed by atoms with Crippen molar-refractivity contribution in [2.75, 3.05) is 46.9 Å². The first-order chi connectivity index (χ1) is 20.9. The van der Waals surface area contributed by atoms with Gasteiger partial charge in [-0.15, -0.1) is 11.3 Å². The first-order valence-electron chi connectivity index (χ1n) is 13.9. The van der Waals surface area contributed by atoms with Crippen LogP contribution < -0.4 is 10.1 Å². The van der Waals surface area contributed by atoms with E-state index in [1.165, 1.54) is 42.8 Å². The van der Waals surface area contributed by atoms with Crippen LogP contribution in [0.2, 0.25) is 0 Å². The quantitative estimate of drug-likeness (QED) is 0.218. The van der Waals surface area contributed by atoms with Crippen molar-refractivity contribution in [1.82, 2.24) is 30.1 Å². The van der Waals surface area contributed by atoms with Crippen molar-refractivity contribution in [3.8, 4) is 16.5 Å². The Morgan fingerprint density at radius 1 is 1.00 bits per heavy atom. The molecule has 3 aromatic heterocycles. The minimum Gasteiger partial charge on any atom is -0.494 e. The second kappa shape index (κ2) is 14.5. The van der Waals surface area contributed by atoms with Crippen molar-refractivity contribution in [2.24, 2.45) is 0 Å². The predicted octanol–water partition coefficient (Wildman–Crippen LogP) is 3.15. The number of rotatable bonds is 9. The Labute approximate surface area is 253 Å². The Bertz CT molecular complexity index is 1590. The number of aromatic amines is 1. The van der Waals surface area contributed by atoms with Crippen molar-refractivity contribution in [3.63, 3.8) is 0 Å². The van der Waals surface area contributed by atoms with Gasteiger partial charge in [-0.05, 0) is 12.1 Å². The average Bonchev–Trinajstić information content (AvgIpc) is 3.73. The lowest BCUT2D eigenvalue weighted by molar-refractivity contribution is -0.128. The summed E-state index contributed by atoms with van der Waals surface area (Å²) in [6, 6.07) is 8.97. The van der Waals surface area contributed by atoms with Gasteiger partial charge in [-0.2, -0.15) is 0 Å². The van der Waals surface area contributed by atoms with Crippen LogP contribution in [0.1, 0.15) is 39.4 Å². The van der Waals surface area contributed by atoms with Crippen LogP contribution in [-0.2, 0) is 20.9 Å². The zero-order valence-corrected chi connectivity index (χ0v) is 25.3. The maximum atomic E-state index is 13.4. The van der Waals surface area contributed by atoms with E-state index in [0.717, 1.165) is 4.88 Å². The van der Waals surface area contributed by atoms with Crippen molar-refractivity contribution < 1.29 is 28.7 Å². The van der Waals surface area contributed by atoms with Crippen molar-refractivity contribution in [3.05, 3.63) is 64.9 Å². The van der Waals surface area contributed by atoms with Gasteiger partial charge < -0.3 is 29.6 Å². The van der Waals surface area contributed by atoms with Crippen molar-refractivity contribution in [2.45, 2.75) is 20.5 Å². The number of H-pyrrole nitrogens is 1. The van der Waals surface area contributed by atoms with E-state index >= 15 is 0 Å². The molecule has 0 atom stereocenters. The fourth-order valence-corrected chi connectivity index (χ4v) is 5.40. The van der Waals surface area contributed by atoms with Crippen molar-refractivity contribution in [1.29, 1.82) is 0 Å². The highest BCUT2D eigenvalue weighted by molar-refractivity contribution is 7.15. The highest BCUT2D eigenvalue weighted by Gasteiger charge is 2.31. The maximum absolute atomic E-state index is 13.4. The van der Waals surface area contributed by atoms with E-state index in [-0.39, 0.29) is 43.7 Å². The van der Waals surface area contributed by atoms with Gasteiger partial charge in [0.05, 0.1) is 41.3 Å². The van der Waals surface area contributed by atoms with Crippen LogP contribution >= 0.6 is 11.3 Å². The molecule has 5 rings (SSSR count). The van der Waals surface area contributed by atoms with Crippen LogP contribution in [0.5, 0.6) is 5.75 Å². The van der Waals surface area contributed by atoms with Gasteiger partial charge in [-0.1, -0.05) is 32.0 Å². The second-order valence-corrected chi connectivity index (χ2v) is 10.3. The summed E-state index contributed by atoms with van der Waals surface area (Å²) in [7, 11) is 3.00. The maximum Gasteiger partial charge on any atom is 0.295 e. The molecule has 3 amide bonds. The fraction of sp³-hybridized carbons (Fsp3) is 0.333. The number of nitrogens with zero attached hydrogens (tertiary/aromatic N) is 4. The number of Topliss-reactive ketones (excluding diaryl/α,β-unsaturated/α-hetero) is 1. The number of nitrogens with one attached hydrogen (secondary N) is 2. The topological polar surface area (TPSA) is 147 Å². The molecule has 2 N–H and O–H groups in total. The molecule has 1 fully saturated rings. The van der Waals surface area contributed by atoms with Crippen LogP contribution in [0.3, 0.4) is 0 Å². The number of likely N-dealkylation sites (N-methyl/N-ethyl adjacent to an activating group) is 1. The fourth-order valence-electron chi connectivity index (χ4n) is 4.55. The monoisotopic (exact) mass is 606 g/mol. The lowest BCUT2D eigenvalue weighted by Gasteiger charge is -2.34. The van der Waals surface area contributed by atoms with Gasteiger partial charge in [0.15, 0.2) is 0 Å². The van der Waals surface area contributed by atoms with Gasteiger partial charge >= 0.3 is 0 Å². The average molecular weight is 607 g/mol. The number of ether oxygens (including phenoxy) is 2. The highest BCUT2D eigenvalue weighted by Crippen LogP contribution is 2.36. The molecule has 4 aromatic rings. The number of hydrogen-bond donors (Lipinski definition) is 2. The van der Waals surface area contributed by atoms with Crippen LogP contribution in [0.25, 0.3) is 21.6 Å². The smallest absolute Gasteiger partial charge is 0.295 e. The normalized spacial score (nSPS) is 12.8. The minimum atomic E-state index is -0.683. The Hall–Kier alpha value is -4.62. The Kier molecular flexibility index (Phi) is 10.6. The van der Waals surface area contributed by atoms with Gasteiger partial charge in [-0.3, -0.25) is 19.2 Å². The Morgan fingerprint density at radius 3 is 2.37 bits per heavy atom. The number of benzene rings is 1. The number of piperazine rings is 1. The summed E-state index contributed by atoms with van der Waals surface area (Å²) >= 11 is 1.34. The summed E-state index contributed by atoms with van der Waals surface area (Å²) in [4.78, 5) is 66.8. The molecule has 12 nitrogen and oxygen atoms in total. The van der Waals surface area contributed by atoms with E-state index < -0.39 is 11.7 Å². The van der Waals surface area contributed by atoms with Crippen LogP contribution in [0.15, 0.2) is 48.9 Å². The van der Waals surface area contributed by atoms with E-state index in [1.807, 2.05) is 19.9 Å². The lowest BCUT2D eigenvalue weighted by atomic mass is 10.1. The molecule has 13 heteroatoms. The molecule has 1 aliphatic heterocycles. The zero-order chi connectivity index (χ0) is 30.9. The van der Waals surface area contributed by atoms with E-state index in [0.29, 0.717) is 46.0 Å². The summed E-state index contributed by atoms with van der Waals surface area (Å²) in [6.45, 7) is 5.30. The molecule has 226 valence electrons. The molecule has 0 aliphatic carbocycles. The van der Waals surface area contributed by atoms with E-state index in [9.17, 15) is 19.2 Å². The predicted molar refractivity (Wildman–Crippen MR) is 162 cm³/mol. The molecule has 43 heavy (non-hydrogen) atoms. The molecular formula is C30H34N6O6S. The summed E-state index contributed by atoms with van der Waals surface area (Å²) in [5.74, 6) is -1.33. The highest BCUT2D eigenvalue weighted by atomic mass is 32.1. The van der Waals surface area contributed by atoms with Gasteiger partial charge in [0.2, 0.25) is 5.91 Å². The molecule has 0 unspecified atom stereocenters. The summed E-state index contributed by atoms with van der Waals surface area (Å²) < 4.78 is 10.9. The number of pyridine rings is 1. The standard InChI is InChI=1S/C28H28N6O6S.C2H6/c1-29-21(35)16-40-15-18-12-32-26(41-18)24-23-22(20(39-2)14-31-24)19(13-30-23)25(36)28(38)34-10-8-33(9-11-34)27(37)17-6-4-3-5-7-17;1-2/h3-7,12-14,30H,8-11,15-16H2,1-2H3,(H,29,35);1-2H3. The molecular weight excluding hydrogens is 572 g/mol. The van der Waals surface area contributed by atoms with E-state index in [4.69, 9.17) is 9.47 Å². The number of carbonyl (C=O) groups excluding carboxylic acids is 4. The molecule has 0 saturated carbocycles. The zero-order valence-electron chi connectivity index (χ0n) is 24.5. The Balaban J connectivity index is 0.00000207. The summed E-state index contributed by atoms with van der Waals surface area (Å²) in [5, 5.41) is 3.50. The third-order valence-corrected chi connectivity index (χ3v) is 7.70. The van der Waals surface area contributed by atoms with Gasteiger partial charge in [0.1, 0.15) is 23.1 Å². The number of fused-ring (bicyclic) bond motifs is 1. The number of methoxy groups -OCH3 is 1. The molecule has 0 bridgehead atoms. The van der Waals surface area contributed by atoms with Crippen LogP contribution in [-0.4, -0.2) is 95.2 Å². The Morgan fingerprint density at radius 2 is 1.70 bits per heavy atom. The molecule has 1 saturated heterocycles. The summed E-state index contributed by atoms with van der Waals surface area (Å²) in [5.41, 5.74) is 1.75.